The fraction of sp³-hybridized carbons (Fsp3) is 0.792. The molecule has 1 aromatic rings. The molecule has 0 aromatic carbocycles. The van der Waals surface area contributed by atoms with Gasteiger partial charge in [0.15, 0.2) is 0 Å². The molecule has 31 heavy (non-hydrogen) atoms. The number of nitrogens with zero attached hydrogens (tertiary/aromatic N) is 4. The third kappa shape index (κ3) is 5.68. The number of aromatic nitrogens is 2. The van der Waals surface area contributed by atoms with Crippen molar-refractivity contribution < 1.29 is 9.53 Å². The fourth-order valence-corrected chi connectivity index (χ4v) is 5.48. The third-order valence-corrected chi connectivity index (χ3v) is 7.20. The van der Waals surface area contributed by atoms with Gasteiger partial charge in [0.25, 0.3) is 0 Å². The van der Waals surface area contributed by atoms with Crippen LogP contribution in [0.2, 0.25) is 0 Å². The molecule has 0 spiro atoms. The monoisotopic (exact) mass is 429 g/mol. The number of likely N-dealkylation sites (tertiary alicyclic amines) is 1. The summed E-state index contributed by atoms with van der Waals surface area (Å²) in [5.74, 6) is 2.79. The molecule has 1 unspecified atom stereocenters. The van der Waals surface area contributed by atoms with Gasteiger partial charge in [-0.05, 0) is 63.3 Å². The molecule has 2 fully saturated rings. The number of hydrogen-bond acceptors (Lipinski definition) is 6. The van der Waals surface area contributed by atoms with Crippen molar-refractivity contribution in [2.75, 3.05) is 43.4 Å². The van der Waals surface area contributed by atoms with Crippen LogP contribution in [0, 0.1) is 11.8 Å². The largest absolute Gasteiger partial charge is 0.463 e. The fourth-order valence-electron chi connectivity index (χ4n) is 5.48. The van der Waals surface area contributed by atoms with Gasteiger partial charge in [-0.25, -0.2) is 0 Å². The summed E-state index contributed by atoms with van der Waals surface area (Å²) in [6, 6.07) is 0.291. The topological polar surface area (TPSA) is 84.6 Å². The molecule has 1 saturated heterocycles. The van der Waals surface area contributed by atoms with E-state index in [0.717, 1.165) is 36.7 Å². The molecule has 2 N–H and O–H groups in total. The van der Waals surface area contributed by atoms with Crippen molar-refractivity contribution >= 4 is 17.5 Å². The SMILES string of the molecule is CCCCOc1nc(N)c2c(n1)N(CCCC1CCCN(CC3CCCC3)C1)C(=O)C2. The average Bonchev–Trinajstić information content (AvgIpc) is 3.37. The normalized spacial score (nSPS) is 22.3. The Bertz CT molecular complexity index is 750. The minimum absolute atomic E-state index is 0.0770. The molecule has 4 rings (SSSR count). The number of hydrogen-bond donors (Lipinski definition) is 1. The summed E-state index contributed by atoms with van der Waals surface area (Å²) in [6.45, 7) is 7.18. The number of nitrogens with two attached hydrogens (primary N) is 1. The maximum atomic E-state index is 12.6. The van der Waals surface area contributed by atoms with Crippen LogP contribution in [-0.4, -0.2) is 53.6 Å². The van der Waals surface area contributed by atoms with Crippen LogP contribution in [0.3, 0.4) is 0 Å². The van der Waals surface area contributed by atoms with Crippen LogP contribution in [0.1, 0.15) is 76.7 Å². The predicted molar refractivity (Wildman–Crippen MR) is 123 cm³/mol. The first kappa shape index (κ1) is 22.3. The van der Waals surface area contributed by atoms with Gasteiger partial charge in [-0.1, -0.05) is 26.2 Å². The highest BCUT2D eigenvalue weighted by molar-refractivity contribution is 6.01. The summed E-state index contributed by atoms with van der Waals surface area (Å²) < 4.78 is 5.66. The zero-order valence-electron chi connectivity index (χ0n) is 19.2. The molecule has 2 aliphatic heterocycles. The van der Waals surface area contributed by atoms with Gasteiger partial charge < -0.3 is 15.4 Å². The van der Waals surface area contributed by atoms with E-state index in [0.29, 0.717) is 37.2 Å². The van der Waals surface area contributed by atoms with E-state index in [1.807, 2.05) is 0 Å². The van der Waals surface area contributed by atoms with Crippen LogP contribution in [0.25, 0.3) is 0 Å². The zero-order chi connectivity index (χ0) is 21.6. The van der Waals surface area contributed by atoms with Crippen molar-refractivity contribution in [3.63, 3.8) is 0 Å². The molecule has 3 heterocycles. The van der Waals surface area contributed by atoms with Crippen LogP contribution in [-0.2, 0) is 11.2 Å². The standard InChI is InChI=1S/C24H39N5O2/c1-2-3-14-31-24-26-22(25)20-15-21(30)29(23(20)27-24)13-7-11-19-10-6-12-28(17-19)16-18-8-4-5-9-18/h18-19H,2-17H2,1H3,(H2,25,26,27). The second-order valence-corrected chi connectivity index (χ2v) is 9.68. The predicted octanol–water partition coefficient (Wildman–Crippen LogP) is 3.81. The van der Waals surface area contributed by atoms with Crippen LogP contribution in [0.4, 0.5) is 11.6 Å². The van der Waals surface area contributed by atoms with Crippen molar-refractivity contribution in [3.05, 3.63) is 5.56 Å². The summed E-state index contributed by atoms with van der Waals surface area (Å²) in [5.41, 5.74) is 6.87. The maximum Gasteiger partial charge on any atom is 0.320 e. The van der Waals surface area contributed by atoms with Crippen molar-refractivity contribution in [1.29, 1.82) is 0 Å². The highest BCUT2D eigenvalue weighted by atomic mass is 16.5. The van der Waals surface area contributed by atoms with E-state index in [1.165, 1.54) is 64.6 Å². The van der Waals surface area contributed by atoms with E-state index in [-0.39, 0.29) is 5.91 Å². The minimum atomic E-state index is 0.0770. The highest BCUT2D eigenvalue weighted by Gasteiger charge is 2.32. The van der Waals surface area contributed by atoms with Crippen molar-refractivity contribution in [2.24, 2.45) is 11.8 Å². The quantitative estimate of drug-likeness (QED) is 0.569. The van der Waals surface area contributed by atoms with Gasteiger partial charge in [0, 0.05) is 25.2 Å². The molecule has 1 aromatic heterocycles. The Kier molecular flexibility index (Phi) is 7.64. The number of carbonyl (C=O) groups is 1. The van der Waals surface area contributed by atoms with E-state index >= 15 is 0 Å². The first-order valence-electron chi connectivity index (χ1n) is 12.5. The molecule has 3 aliphatic rings. The molecular weight excluding hydrogens is 390 g/mol. The summed E-state index contributed by atoms with van der Waals surface area (Å²) in [6.07, 6.45) is 12.8. The van der Waals surface area contributed by atoms with E-state index in [1.54, 1.807) is 4.90 Å². The smallest absolute Gasteiger partial charge is 0.320 e. The molecule has 7 nitrogen and oxygen atoms in total. The number of amides is 1. The van der Waals surface area contributed by atoms with Crippen molar-refractivity contribution in [2.45, 2.75) is 77.6 Å². The Labute approximate surface area is 186 Å². The average molecular weight is 430 g/mol. The number of anilines is 2. The number of rotatable bonds is 10. The van der Waals surface area contributed by atoms with Crippen LogP contribution in [0.15, 0.2) is 0 Å². The lowest BCUT2D eigenvalue weighted by Crippen LogP contribution is -2.38. The van der Waals surface area contributed by atoms with Gasteiger partial charge in [-0.2, -0.15) is 9.97 Å². The molecular formula is C24H39N5O2. The first-order valence-corrected chi connectivity index (χ1v) is 12.5. The second-order valence-electron chi connectivity index (χ2n) is 9.68. The number of ether oxygens (including phenoxy) is 1. The molecule has 172 valence electrons. The molecule has 0 radical (unpaired) electrons. The zero-order valence-corrected chi connectivity index (χ0v) is 19.2. The molecule has 0 bridgehead atoms. The first-order chi connectivity index (χ1) is 15.1. The number of nitrogen functional groups attached to an aromatic ring is 1. The number of carbonyl (C=O) groups excluding carboxylic acids is 1. The maximum absolute atomic E-state index is 12.6. The van der Waals surface area contributed by atoms with Gasteiger partial charge in [-0.3, -0.25) is 9.69 Å². The van der Waals surface area contributed by atoms with Gasteiger partial charge >= 0.3 is 6.01 Å². The molecule has 1 saturated carbocycles. The Morgan fingerprint density at radius 3 is 2.71 bits per heavy atom. The number of unbranched alkanes of at least 4 members (excludes halogenated alkanes) is 1. The summed E-state index contributed by atoms with van der Waals surface area (Å²) >= 11 is 0. The third-order valence-electron chi connectivity index (χ3n) is 7.20. The van der Waals surface area contributed by atoms with E-state index in [2.05, 4.69) is 21.8 Å². The molecule has 7 heteroatoms. The van der Waals surface area contributed by atoms with Crippen molar-refractivity contribution in [1.82, 2.24) is 14.9 Å². The van der Waals surface area contributed by atoms with Crippen LogP contribution < -0.4 is 15.4 Å². The van der Waals surface area contributed by atoms with Crippen LogP contribution in [0.5, 0.6) is 6.01 Å². The lowest BCUT2D eigenvalue weighted by atomic mass is 9.92. The number of piperidine rings is 1. The Balaban J connectivity index is 1.29. The molecule has 1 aliphatic carbocycles. The summed E-state index contributed by atoms with van der Waals surface area (Å²) in [7, 11) is 0. The number of fused-ring (bicyclic) bond motifs is 1. The summed E-state index contributed by atoms with van der Waals surface area (Å²) in [4.78, 5) is 25.9. The van der Waals surface area contributed by atoms with E-state index in [9.17, 15) is 4.79 Å². The van der Waals surface area contributed by atoms with E-state index in [4.69, 9.17) is 10.5 Å². The van der Waals surface area contributed by atoms with Gasteiger partial charge in [0.1, 0.15) is 11.6 Å². The molecule has 1 atom stereocenters. The molecule has 1 amide bonds. The van der Waals surface area contributed by atoms with Crippen molar-refractivity contribution in [3.8, 4) is 6.01 Å². The minimum Gasteiger partial charge on any atom is -0.463 e. The Morgan fingerprint density at radius 2 is 1.90 bits per heavy atom. The second kappa shape index (κ2) is 10.6. The lowest BCUT2D eigenvalue weighted by molar-refractivity contribution is -0.117. The Hall–Kier alpha value is -1.89. The highest BCUT2D eigenvalue weighted by Crippen LogP contribution is 2.33. The van der Waals surface area contributed by atoms with E-state index < -0.39 is 0 Å². The van der Waals surface area contributed by atoms with Crippen LogP contribution >= 0.6 is 0 Å². The Morgan fingerprint density at radius 1 is 1.10 bits per heavy atom. The lowest BCUT2D eigenvalue weighted by Gasteiger charge is -2.34. The van der Waals surface area contributed by atoms with Gasteiger partial charge in [0.2, 0.25) is 5.91 Å². The van der Waals surface area contributed by atoms with Gasteiger partial charge in [0.05, 0.1) is 13.0 Å². The van der Waals surface area contributed by atoms with Gasteiger partial charge in [-0.15, -0.1) is 0 Å². The summed E-state index contributed by atoms with van der Waals surface area (Å²) in [5, 5.41) is 0.